The van der Waals surface area contributed by atoms with E-state index in [1.54, 1.807) is 11.3 Å². The summed E-state index contributed by atoms with van der Waals surface area (Å²) in [4.78, 5) is 17.1. The standard InChI is InChI=1S/C19H20N4OS/c1-12-6-3-4-8-15(12)23-16-9-5-7-14(16)18(22-23)19(24)20-10-17-21-13(2)11-25-17/h3-4,6,8,11H,5,7,9-10H2,1-2H3,(H,20,24). The number of carbonyl (C=O) groups excluding carboxylic acids is 1. The van der Waals surface area contributed by atoms with Gasteiger partial charge in [0, 0.05) is 22.3 Å². The number of nitrogens with one attached hydrogen (secondary N) is 1. The van der Waals surface area contributed by atoms with E-state index in [9.17, 15) is 4.79 Å². The number of hydrogen-bond donors (Lipinski definition) is 1. The Morgan fingerprint density at radius 2 is 2.12 bits per heavy atom. The van der Waals surface area contributed by atoms with Crippen LogP contribution in [0, 0.1) is 13.8 Å². The molecule has 2 aromatic heterocycles. The van der Waals surface area contributed by atoms with E-state index in [1.807, 2.05) is 29.1 Å². The van der Waals surface area contributed by atoms with E-state index >= 15 is 0 Å². The third-order valence-corrected chi connectivity index (χ3v) is 5.52. The molecule has 128 valence electrons. The Labute approximate surface area is 150 Å². The van der Waals surface area contributed by atoms with Crippen molar-refractivity contribution in [2.45, 2.75) is 39.7 Å². The second kappa shape index (κ2) is 6.44. The first-order valence-corrected chi connectivity index (χ1v) is 9.37. The topological polar surface area (TPSA) is 59.8 Å². The molecule has 0 spiro atoms. The largest absolute Gasteiger partial charge is 0.344 e. The van der Waals surface area contributed by atoms with Crippen LogP contribution in [-0.4, -0.2) is 20.7 Å². The zero-order valence-corrected chi connectivity index (χ0v) is 15.2. The molecule has 0 unspecified atom stereocenters. The normalized spacial score (nSPS) is 13.0. The first kappa shape index (κ1) is 16.0. The van der Waals surface area contributed by atoms with E-state index in [-0.39, 0.29) is 5.91 Å². The lowest BCUT2D eigenvalue weighted by Gasteiger charge is -2.08. The minimum absolute atomic E-state index is 0.113. The first-order valence-electron chi connectivity index (χ1n) is 8.49. The molecule has 0 aliphatic heterocycles. The van der Waals surface area contributed by atoms with Crippen molar-refractivity contribution in [3.8, 4) is 5.69 Å². The van der Waals surface area contributed by atoms with Gasteiger partial charge in [-0.15, -0.1) is 11.3 Å². The van der Waals surface area contributed by atoms with E-state index < -0.39 is 0 Å². The third kappa shape index (κ3) is 2.98. The van der Waals surface area contributed by atoms with Crippen molar-refractivity contribution in [2.75, 3.05) is 0 Å². The predicted molar refractivity (Wildman–Crippen MR) is 98.3 cm³/mol. The molecule has 0 atom stereocenters. The number of hydrogen-bond acceptors (Lipinski definition) is 4. The highest BCUT2D eigenvalue weighted by atomic mass is 32.1. The molecular formula is C19H20N4OS. The molecule has 1 aromatic carbocycles. The number of nitrogens with zero attached hydrogens (tertiary/aromatic N) is 3. The summed E-state index contributed by atoms with van der Waals surface area (Å²) in [6, 6.07) is 8.16. The van der Waals surface area contributed by atoms with Crippen molar-refractivity contribution < 1.29 is 4.79 Å². The average Bonchev–Trinajstić information content (AvgIpc) is 3.30. The maximum Gasteiger partial charge on any atom is 0.272 e. The molecule has 0 bridgehead atoms. The van der Waals surface area contributed by atoms with Gasteiger partial charge in [0.1, 0.15) is 5.01 Å². The maximum absolute atomic E-state index is 12.7. The van der Waals surface area contributed by atoms with Crippen LogP contribution in [0.25, 0.3) is 5.69 Å². The van der Waals surface area contributed by atoms with Crippen molar-refractivity contribution in [1.82, 2.24) is 20.1 Å². The highest BCUT2D eigenvalue weighted by Crippen LogP contribution is 2.28. The van der Waals surface area contributed by atoms with Crippen molar-refractivity contribution in [3.63, 3.8) is 0 Å². The van der Waals surface area contributed by atoms with Gasteiger partial charge in [-0.2, -0.15) is 5.10 Å². The lowest BCUT2D eigenvalue weighted by molar-refractivity contribution is 0.0944. The fraction of sp³-hybridized carbons (Fsp3) is 0.316. The number of benzene rings is 1. The number of fused-ring (bicyclic) bond motifs is 1. The Kier molecular flexibility index (Phi) is 4.13. The van der Waals surface area contributed by atoms with Gasteiger partial charge in [0.05, 0.1) is 12.2 Å². The molecule has 4 rings (SSSR count). The predicted octanol–water partition coefficient (Wildman–Crippen LogP) is 3.36. The molecule has 6 heteroatoms. The Morgan fingerprint density at radius 3 is 2.88 bits per heavy atom. The van der Waals surface area contributed by atoms with Crippen LogP contribution in [0.15, 0.2) is 29.6 Å². The second-order valence-electron chi connectivity index (χ2n) is 6.39. The molecule has 25 heavy (non-hydrogen) atoms. The van der Waals surface area contributed by atoms with Crippen LogP contribution in [-0.2, 0) is 19.4 Å². The molecule has 5 nitrogen and oxygen atoms in total. The van der Waals surface area contributed by atoms with E-state index in [2.05, 4.69) is 34.5 Å². The maximum atomic E-state index is 12.7. The Balaban J connectivity index is 1.63. The van der Waals surface area contributed by atoms with Crippen LogP contribution in [0.3, 0.4) is 0 Å². The fourth-order valence-electron chi connectivity index (χ4n) is 3.34. The zero-order chi connectivity index (χ0) is 17.4. The summed E-state index contributed by atoms with van der Waals surface area (Å²) in [5.41, 5.74) is 6.02. The highest BCUT2D eigenvalue weighted by molar-refractivity contribution is 7.09. The fourth-order valence-corrected chi connectivity index (χ4v) is 4.06. The molecule has 1 aliphatic carbocycles. The van der Waals surface area contributed by atoms with Gasteiger partial charge < -0.3 is 5.32 Å². The molecule has 0 fully saturated rings. The summed E-state index contributed by atoms with van der Waals surface area (Å²) in [6.45, 7) is 4.48. The van der Waals surface area contributed by atoms with Crippen LogP contribution in [0.1, 0.15) is 44.4 Å². The van der Waals surface area contributed by atoms with Crippen LogP contribution in [0.5, 0.6) is 0 Å². The number of aromatic nitrogens is 3. The van der Waals surface area contributed by atoms with Crippen molar-refractivity contribution >= 4 is 17.2 Å². The van der Waals surface area contributed by atoms with Gasteiger partial charge in [0.15, 0.2) is 5.69 Å². The van der Waals surface area contributed by atoms with E-state index in [0.717, 1.165) is 46.8 Å². The third-order valence-electron chi connectivity index (χ3n) is 4.56. The van der Waals surface area contributed by atoms with E-state index in [0.29, 0.717) is 12.2 Å². The lowest BCUT2D eigenvalue weighted by Crippen LogP contribution is -2.24. The van der Waals surface area contributed by atoms with Crippen molar-refractivity contribution in [3.05, 3.63) is 62.9 Å². The lowest BCUT2D eigenvalue weighted by atomic mass is 10.2. The molecule has 3 aromatic rings. The molecule has 0 saturated heterocycles. The van der Waals surface area contributed by atoms with Gasteiger partial charge in [0.25, 0.3) is 5.91 Å². The monoisotopic (exact) mass is 352 g/mol. The minimum atomic E-state index is -0.113. The highest BCUT2D eigenvalue weighted by Gasteiger charge is 2.27. The average molecular weight is 352 g/mol. The molecule has 1 N–H and O–H groups in total. The second-order valence-corrected chi connectivity index (χ2v) is 7.33. The number of para-hydroxylation sites is 1. The van der Waals surface area contributed by atoms with Gasteiger partial charge >= 0.3 is 0 Å². The van der Waals surface area contributed by atoms with Gasteiger partial charge in [-0.1, -0.05) is 18.2 Å². The van der Waals surface area contributed by atoms with Gasteiger partial charge in [-0.05, 0) is 44.7 Å². The zero-order valence-electron chi connectivity index (χ0n) is 14.4. The van der Waals surface area contributed by atoms with E-state index in [1.165, 1.54) is 5.69 Å². The summed E-state index contributed by atoms with van der Waals surface area (Å²) < 4.78 is 1.96. The Morgan fingerprint density at radius 1 is 1.28 bits per heavy atom. The Bertz CT molecular complexity index is 941. The summed E-state index contributed by atoms with van der Waals surface area (Å²) in [5, 5.41) is 10.5. The molecule has 0 radical (unpaired) electrons. The number of rotatable bonds is 4. The van der Waals surface area contributed by atoms with Crippen LogP contribution in [0.2, 0.25) is 0 Å². The van der Waals surface area contributed by atoms with Gasteiger partial charge in [-0.3, -0.25) is 4.79 Å². The molecular weight excluding hydrogens is 332 g/mol. The molecule has 2 heterocycles. The smallest absolute Gasteiger partial charge is 0.272 e. The summed E-state index contributed by atoms with van der Waals surface area (Å²) >= 11 is 1.56. The number of thiazole rings is 1. The summed E-state index contributed by atoms with van der Waals surface area (Å²) in [5.74, 6) is -0.113. The first-order chi connectivity index (χ1) is 12.1. The number of amides is 1. The van der Waals surface area contributed by atoms with E-state index in [4.69, 9.17) is 0 Å². The molecule has 1 amide bonds. The van der Waals surface area contributed by atoms with Crippen LogP contribution < -0.4 is 5.32 Å². The number of aryl methyl sites for hydroxylation is 2. The van der Waals surface area contributed by atoms with Crippen molar-refractivity contribution in [2.24, 2.45) is 0 Å². The van der Waals surface area contributed by atoms with Crippen LogP contribution in [0.4, 0.5) is 0 Å². The summed E-state index contributed by atoms with van der Waals surface area (Å²) in [6.07, 6.45) is 2.96. The quantitative estimate of drug-likeness (QED) is 0.783. The van der Waals surface area contributed by atoms with Crippen LogP contribution >= 0.6 is 11.3 Å². The van der Waals surface area contributed by atoms with Crippen molar-refractivity contribution in [1.29, 1.82) is 0 Å². The SMILES string of the molecule is Cc1csc(CNC(=O)c2nn(-c3ccccc3C)c3c2CCC3)n1. The number of carbonyl (C=O) groups is 1. The van der Waals surface area contributed by atoms with Gasteiger partial charge in [0.2, 0.25) is 0 Å². The summed E-state index contributed by atoms with van der Waals surface area (Å²) in [7, 11) is 0. The molecule has 1 aliphatic rings. The minimum Gasteiger partial charge on any atom is -0.344 e. The Hall–Kier alpha value is -2.47. The molecule has 0 saturated carbocycles. The van der Waals surface area contributed by atoms with Gasteiger partial charge in [-0.25, -0.2) is 9.67 Å².